The normalized spacial score (nSPS) is 25.5. The van der Waals surface area contributed by atoms with E-state index < -0.39 is 36.5 Å². The molecular formula is C22H34O6. The summed E-state index contributed by atoms with van der Waals surface area (Å²) in [5.41, 5.74) is 0. The molecule has 1 aliphatic heterocycles. The van der Waals surface area contributed by atoms with E-state index in [2.05, 4.69) is 19.1 Å². The molecule has 1 heterocycles. The molecular weight excluding hydrogens is 360 g/mol. The monoisotopic (exact) mass is 394 g/mol. The first-order chi connectivity index (χ1) is 13.4. The zero-order valence-corrected chi connectivity index (χ0v) is 16.6. The van der Waals surface area contributed by atoms with Gasteiger partial charge in [0, 0.05) is 12.8 Å². The van der Waals surface area contributed by atoms with Crippen LogP contribution in [-0.2, 0) is 9.53 Å². The van der Waals surface area contributed by atoms with Crippen molar-refractivity contribution in [2.24, 2.45) is 0 Å². The molecule has 0 aliphatic carbocycles. The number of rotatable bonds is 13. The number of aliphatic hydroxyl groups is 3. The maximum absolute atomic E-state index is 10.5. The molecule has 5 atom stereocenters. The standard InChI is InChI=1S/C22H34O6/c1-2-3-4-5-6-8-11-17(23)14-15-18(24)21-16-19(25)20(28-21)12-9-7-10-13-22(26)27/h3-4,6-9,14-15,17-21,23-25H,2,5,10-13,16H2,1H3,(H,26,27)/b4-3-,8-6-,9-7-,15-14+/t17-,18-,19+,20+,21-/m0/s1. The number of hydrogen-bond acceptors (Lipinski definition) is 5. The Balaban J connectivity index is 2.33. The van der Waals surface area contributed by atoms with Crippen LogP contribution >= 0.6 is 0 Å². The van der Waals surface area contributed by atoms with Gasteiger partial charge in [0.25, 0.3) is 0 Å². The van der Waals surface area contributed by atoms with Crippen LogP contribution in [0.4, 0.5) is 0 Å². The average molecular weight is 395 g/mol. The number of allylic oxidation sites excluding steroid dienone is 4. The quantitative estimate of drug-likeness (QED) is 0.358. The van der Waals surface area contributed by atoms with Crippen LogP contribution in [0.3, 0.4) is 0 Å². The van der Waals surface area contributed by atoms with E-state index in [4.69, 9.17) is 9.84 Å². The summed E-state index contributed by atoms with van der Waals surface area (Å²) in [5, 5.41) is 38.8. The first kappa shape index (κ1) is 24.3. The predicted molar refractivity (Wildman–Crippen MR) is 109 cm³/mol. The van der Waals surface area contributed by atoms with Crippen molar-refractivity contribution in [2.45, 2.75) is 82.4 Å². The van der Waals surface area contributed by atoms with Gasteiger partial charge in [0.05, 0.1) is 30.5 Å². The van der Waals surface area contributed by atoms with E-state index in [0.29, 0.717) is 25.7 Å². The molecule has 0 spiro atoms. The minimum Gasteiger partial charge on any atom is -0.481 e. The molecule has 0 amide bonds. The lowest BCUT2D eigenvalue weighted by molar-refractivity contribution is -0.136. The summed E-state index contributed by atoms with van der Waals surface area (Å²) < 4.78 is 5.71. The molecule has 6 nitrogen and oxygen atoms in total. The van der Waals surface area contributed by atoms with Crippen LogP contribution in [-0.4, -0.2) is 56.9 Å². The molecule has 4 N–H and O–H groups in total. The third-order valence-electron chi connectivity index (χ3n) is 4.44. The van der Waals surface area contributed by atoms with E-state index in [1.54, 1.807) is 18.2 Å². The highest BCUT2D eigenvalue weighted by Gasteiger charge is 2.36. The Morgan fingerprint density at radius 3 is 2.57 bits per heavy atom. The van der Waals surface area contributed by atoms with Gasteiger partial charge in [-0.15, -0.1) is 0 Å². The van der Waals surface area contributed by atoms with Gasteiger partial charge in [0.2, 0.25) is 0 Å². The molecule has 1 fully saturated rings. The van der Waals surface area contributed by atoms with Crippen LogP contribution in [0.5, 0.6) is 0 Å². The predicted octanol–water partition coefficient (Wildman–Crippen LogP) is 2.90. The third kappa shape index (κ3) is 10.6. The lowest BCUT2D eigenvalue weighted by Crippen LogP contribution is -2.24. The van der Waals surface area contributed by atoms with Crippen molar-refractivity contribution in [2.75, 3.05) is 0 Å². The van der Waals surface area contributed by atoms with Crippen molar-refractivity contribution < 1.29 is 30.0 Å². The highest BCUT2D eigenvalue weighted by molar-refractivity contribution is 5.66. The Labute approximate surface area is 167 Å². The molecule has 1 aliphatic rings. The molecule has 1 rings (SSSR count). The average Bonchev–Trinajstić information content (AvgIpc) is 3.03. The second-order valence-corrected chi connectivity index (χ2v) is 6.92. The second-order valence-electron chi connectivity index (χ2n) is 6.92. The molecule has 0 saturated carbocycles. The lowest BCUT2D eigenvalue weighted by Gasteiger charge is -2.16. The Hall–Kier alpha value is -1.73. The fourth-order valence-electron chi connectivity index (χ4n) is 2.87. The van der Waals surface area contributed by atoms with Crippen LogP contribution in [0.2, 0.25) is 0 Å². The summed E-state index contributed by atoms with van der Waals surface area (Å²) in [7, 11) is 0. The maximum Gasteiger partial charge on any atom is 0.303 e. The molecule has 0 aromatic rings. The van der Waals surface area contributed by atoms with Gasteiger partial charge in [-0.05, 0) is 32.1 Å². The summed E-state index contributed by atoms with van der Waals surface area (Å²) >= 11 is 0. The summed E-state index contributed by atoms with van der Waals surface area (Å²) in [5.74, 6) is -0.845. The summed E-state index contributed by atoms with van der Waals surface area (Å²) in [6.45, 7) is 2.08. The fourth-order valence-corrected chi connectivity index (χ4v) is 2.87. The number of aliphatic hydroxyl groups excluding tert-OH is 3. The van der Waals surface area contributed by atoms with Crippen LogP contribution in [0.25, 0.3) is 0 Å². The number of carbonyl (C=O) groups is 1. The topological polar surface area (TPSA) is 107 Å². The van der Waals surface area contributed by atoms with Gasteiger partial charge in [-0.1, -0.05) is 55.5 Å². The zero-order valence-electron chi connectivity index (χ0n) is 16.6. The van der Waals surface area contributed by atoms with Crippen LogP contribution < -0.4 is 0 Å². The van der Waals surface area contributed by atoms with Gasteiger partial charge in [0.1, 0.15) is 0 Å². The Kier molecular flexibility index (Phi) is 12.4. The van der Waals surface area contributed by atoms with Gasteiger partial charge in [0.15, 0.2) is 0 Å². The lowest BCUT2D eigenvalue weighted by atomic mass is 10.0. The van der Waals surface area contributed by atoms with E-state index in [1.807, 2.05) is 12.2 Å². The summed E-state index contributed by atoms with van der Waals surface area (Å²) in [6.07, 6.45) is 15.1. The Bertz CT molecular complexity index is 551. The third-order valence-corrected chi connectivity index (χ3v) is 4.44. The Morgan fingerprint density at radius 2 is 1.86 bits per heavy atom. The van der Waals surface area contributed by atoms with Crippen LogP contribution in [0.15, 0.2) is 48.6 Å². The minimum atomic E-state index is -0.901. The first-order valence-corrected chi connectivity index (χ1v) is 9.98. The van der Waals surface area contributed by atoms with Crippen molar-refractivity contribution in [1.29, 1.82) is 0 Å². The maximum atomic E-state index is 10.5. The molecule has 0 aromatic carbocycles. The van der Waals surface area contributed by atoms with Gasteiger partial charge in [-0.25, -0.2) is 0 Å². The van der Waals surface area contributed by atoms with Crippen molar-refractivity contribution in [3.05, 3.63) is 48.6 Å². The largest absolute Gasteiger partial charge is 0.481 e. The van der Waals surface area contributed by atoms with Gasteiger partial charge in [-0.2, -0.15) is 0 Å². The van der Waals surface area contributed by atoms with E-state index in [-0.39, 0.29) is 6.42 Å². The summed E-state index contributed by atoms with van der Waals surface area (Å²) in [4.78, 5) is 10.5. The molecule has 0 unspecified atom stereocenters. The van der Waals surface area contributed by atoms with E-state index in [0.717, 1.165) is 12.8 Å². The highest BCUT2D eigenvalue weighted by atomic mass is 16.5. The van der Waals surface area contributed by atoms with Crippen LogP contribution in [0, 0.1) is 0 Å². The first-order valence-electron chi connectivity index (χ1n) is 9.98. The molecule has 28 heavy (non-hydrogen) atoms. The molecule has 6 heteroatoms. The van der Waals surface area contributed by atoms with Crippen molar-refractivity contribution >= 4 is 5.97 Å². The minimum absolute atomic E-state index is 0.0731. The van der Waals surface area contributed by atoms with Gasteiger partial charge < -0.3 is 25.2 Å². The van der Waals surface area contributed by atoms with Crippen LogP contribution in [0.1, 0.15) is 51.9 Å². The molecule has 0 radical (unpaired) electrons. The number of ether oxygens (including phenoxy) is 1. The number of hydrogen-bond donors (Lipinski definition) is 4. The SMILES string of the molecule is CC/C=C\C/C=C\C[C@H](O)/C=C/[C@H](O)[C@@H]1C[C@@H](O)[C@@H](C/C=C\CCC(=O)O)O1. The second kappa shape index (κ2) is 14.3. The van der Waals surface area contributed by atoms with E-state index in [9.17, 15) is 20.1 Å². The van der Waals surface area contributed by atoms with Gasteiger partial charge >= 0.3 is 5.97 Å². The number of carboxylic acid groups (broad SMARTS) is 1. The fraction of sp³-hybridized carbons (Fsp3) is 0.591. The highest BCUT2D eigenvalue weighted by Crippen LogP contribution is 2.26. The van der Waals surface area contributed by atoms with E-state index >= 15 is 0 Å². The molecule has 158 valence electrons. The van der Waals surface area contributed by atoms with Crippen molar-refractivity contribution in [1.82, 2.24) is 0 Å². The zero-order chi connectivity index (χ0) is 20.8. The molecule has 0 aromatic heterocycles. The van der Waals surface area contributed by atoms with Crippen molar-refractivity contribution in [3.8, 4) is 0 Å². The number of aliphatic carboxylic acids is 1. The van der Waals surface area contributed by atoms with Crippen molar-refractivity contribution in [3.63, 3.8) is 0 Å². The smallest absolute Gasteiger partial charge is 0.303 e. The van der Waals surface area contributed by atoms with Gasteiger partial charge in [-0.3, -0.25) is 4.79 Å². The van der Waals surface area contributed by atoms with E-state index in [1.165, 1.54) is 6.08 Å². The number of carboxylic acids is 1. The molecule has 1 saturated heterocycles. The summed E-state index contributed by atoms with van der Waals surface area (Å²) in [6, 6.07) is 0. The Morgan fingerprint density at radius 1 is 1.11 bits per heavy atom. The molecule has 0 bridgehead atoms.